The van der Waals surface area contributed by atoms with Crippen molar-refractivity contribution in [3.05, 3.63) is 66.1 Å². The summed E-state index contributed by atoms with van der Waals surface area (Å²) in [5, 5.41) is 0. The second kappa shape index (κ2) is 6.80. The van der Waals surface area contributed by atoms with Gasteiger partial charge in [-0.05, 0) is 55.2 Å². The molecule has 112 valence electrons. The summed E-state index contributed by atoms with van der Waals surface area (Å²) in [6, 6.07) is 10.3. The van der Waals surface area contributed by atoms with Crippen LogP contribution in [0.3, 0.4) is 0 Å². The summed E-state index contributed by atoms with van der Waals surface area (Å²) in [7, 11) is 0. The molecule has 1 aromatic rings. The summed E-state index contributed by atoms with van der Waals surface area (Å²) in [6.07, 6.45) is 10.4. The Morgan fingerprint density at radius 1 is 1.29 bits per heavy atom. The molecule has 0 fully saturated rings. The van der Waals surface area contributed by atoms with Crippen molar-refractivity contribution in [1.82, 2.24) is 0 Å². The Bertz CT molecular complexity index is 546. The van der Waals surface area contributed by atoms with Gasteiger partial charge in [-0.3, -0.25) is 0 Å². The second-order valence-electron chi connectivity index (χ2n) is 6.45. The van der Waals surface area contributed by atoms with Gasteiger partial charge in [0.05, 0.1) is 12.5 Å². The van der Waals surface area contributed by atoms with E-state index >= 15 is 0 Å². The first-order valence-electron chi connectivity index (χ1n) is 7.71. The van der Waals surface area contributed by atoms with Gasteiger partial charge in [-0.25, -0.2) is 0 Å². The first-order chi connectivity index (χ1) is 10.0. The third kappa shape index (κ3) is 3.87. The van der Waals surface area contributed by atoms with Crippen molar-refractivity contribution in [2.45, 2.75) is 40.5 Å². The van der Waals surface area contributed by atoms with E-state index in [1.54, 1.807) is 0 Å². The molecule has 1 unspecified atom stereocenters. The van der Waals surface area contributed by atoms with Gasteiger partial charge in [-0.15, -0.1) is 0 Å². The molecule has 0 saturated heterocycles. The van der Waals surface area contributed by atoms with Crippen LogP contribution in [0.5, 0.6) is 0 Å². The second-order valence-corrected chi connectivity index (χ2v) is 6.45. The van der Waals surface area contributed by atoms with Gasteiger partial charge in [-0.1, -0.05) is 55.8 Å². The molecule has 1 aromatic carbocycles. The summed E-state index contributed by atoms with van der Waals surface area (Å²) >= 11 is 0. The quantitative estimate of drug-likeness (QED) is 0.478. The number of benzene rings is 1. The maximum absolute atomic E-state index is 5.55. The number of allylic oxidation sites excluding steroid dienone is 4. The minimum absolute atomic E-state index is 0.320. The van der Waals surface area contributed by atoms with Gasteiger partial charge in [0.2, 0.25) is 0 Å². The molecule has 0 N–H and O–H groups in total. The highest BCUT2D eigenvalue weighted by atomic mass is 16.5. The van der Waals surface area contributed by atoms with Crippen LogP contribution in [0.2, 0.25) is 0 Å². The molecular formula is C20H26O. The Balaban J connectivity index is 1.82. The third-order valence-corrected chi connectivity index (χ3v) is 4.81. The standard InChI is InChI=1S/C20H26O/c1-16(18-9-6-5-7-10-18)15-21-14-8-11-19-13-12-17(2)20(19,3)4/h5-10,12,14-15,19H,11,13H2,1-4H3/b14-8-,16-15+. The van der Waals surface area contributed by atoms with Crippen LogP contribution >= 0.6 is 0 Å². The van der Waals surface area contributed by atoms with Crippen LogP contribution in [0.1, 0.15) is 46.1 Å². The average Bonchev–Trinajstić information content (AvgIpc) is 2.74. The molecule has 0 aliphatic heterocycles. The monoisotopic (exact) mass is 282 g/mol. The van der Waals surface area contributed by atoms with Crippen molar-refractivity contribution in [1.29, 1.82) is 0 Å². The number of rotatable bonds is 5. The molecule has 1 nitrogen and oxygen atoms in total. The third-order valence-electron chi connectivity index (χ3n) is 4.81. The van der Waals surface area contributed by atoms with Gasteiger partial charge in [-0.2, -0.15) is 0 Å². The zero-order valence-electron chi connectivity index (χ0n) is 13.6. The first-order valence-corrected chi connectivity index (χ1v) is 7.71. The molecule has 1 aliphatic rings. The predicted molar refractivity (Wildman–Crippen MR) is 90.6 cm³/mol. The lowest BCUT2D eigenvalue weighted by Crippen LogP contribution is -2.19. The largest absolute Gasteiger partial charge is 0.473 e. The van der Waals surface area contributed by atoms with Crippen molar-refractivity contribution < 1.29 is 4.74 Å². The van der Waals surface area contributed by atoms with Crippen LogP contribution in [-0.2, 0) is 4.74 Å². The summed E-state index contributed by atoms with van der Waals surface area (Å²) in [5.74, 6) is 0.691. The minimum Gasteiger partial charge on any atom is -0.473 e. The topological polar surface area (TPSA) is 9.23 Å². The van der Waals surface area contributed by atoms with Crippen LogP contribution in [0.25, 0.3) is 5.57 Å². The smallest absolute Gasteiger partial charge is 0.0936 e. The lowest BCUT2D eigenvalue weighted by molar-refractivity contribution is 0.292. The van der Waals surface area contributed by atoms with Gasteiger partial charge >= 0.3 is 0 Å². The molecule has 2 rings (SSSR count). The molecule has 0 amide bonds. The van der Waals surface area contributed by atoms with Crippen LogP contribution in [0.15, 0.2) is 60.6 Å². The SMILES string of the molecule is CC1=CCC(C/C=C\O/C=C(\C)c2ccccc2)C1(C)C. The summed E-state index contributed by atoms with van der Waals surface area (Å²) in [4.78, 5) is 0. The number of hydrogen-bond donors (Lipinski definition) is 0. The summed E-state index contributed by atoms with van der Waals surface area (Å²) < 4.78 is 5.55. The predicted octanol–water partition coefficient (Wildman–Crippen LogP) is 5.96. The van der Waals surface area contributed by atoms with E-state index in [0.29, 0.717) is 11.3 Å². The lowest BCUT2D eigenvalue weighted by atomic mass is 9.76. The molecule has 1 aliphatic carbocycles. The molecular weight excluding hydrogens is 256 g/mol. The summed E-state index contributed by atoms with van der Waals surface area (Å²) in [5.41, 5.74) is 4.17. The fourth-order valence-electron chi connectivity index (χ4n) is 2.78. The van der Waals surface area contributed by atoms with E-state index in [0.717, 1.165) is 12.0 Å². The first kappa shape index (κ1) is 15.6. The highest BCUT2D eigenvalue weighted by molar-refractivity contribution is 5.62. The molecule has 21 heavy (non-hydrogen) atoms. The van der Waals surface area contributed by atoms with Gasteiger partial charge in [0.1, 0.15) is 0 Å². The van der Waals surface area contributed by atoms with Crippen molar-refractivity contribution in [3.8, 4) is 0 Å². The molecule has 0 saturated carbocycles. The molecule has 0 bridgehead atoms. The number of hydrogen-bond acceptors (Lipinski definition) is 1. The van der Waals surface area contributed by atoms with Gasteiger partial charge in [0, 0.05) is 0 Å². The summed E-state index contributed by atoms with van der Waals surface area (Å²) in [6.45, 7) is 8.98. The van der Waals surface area contributed by atoms with E-state index in [9.17, 15) is 0 Å². The molecule has 0 heterocycles. The van der Waals surface area contributed by atoms with E-state index in [-0.39, 0.29) is 0 Å². The molecule has 1 heteroatoms. The van der Waals surface area contributed by atoms with E-state index in [2.05, 4.69) is 52.0 Å². The van der Waals surface area contributed by atoms with Gasteiger partial charge in [0.15, 0.2) is 0 Å². The average molecular weight is 282 g/mol. The van der Waals surface area contributed by atoms with E-state index < -0.39 is 0 Å². The van der Waals surface area contributed by atoms with E-state index in [1.165, 1.54) is 17.6 Å². The van der Waals surface area contributed by atoms with Gasteiger partial charge in [0.25, 0.3) is 0 Å². The van der Waals surface area contributed by atoms with Crippen LogP contribution < -0.4 is 0 Å². The van der Waals surface area contributed by atoms with Crippen molar-refractivity contribution >= 4 is 5.57 Å². The Morgan fingerprint density at radius 2 is 2.00 bits per heavy atom. The highest BCUT2D eigenvalue weighted by Crippen LogP contribution is 2.44. The molecule has 0 aromatic heterocycles. The zero-order valence-corrected chi connectivity index (χ0v) is 13.6. The maximum Gasteiger partial charge on any atom is 0.0936 e. The fraction of sp³-hybridized carbons (Fsp3) is 0.400. The molecule has 0 spiro atoms. The van der Waals surface area contributed by atoms with Crippen LogP contribution in [0.4, 0.5) is 0 Å². The fourth-order valence-corrected chi connectivity index (χ4v) is 2.78. The van der Waals surface area contributed by atoms with Crippen molar-refractivity contribution in [2.24, 2.45) is 11.3 Å². The highest BCUT2D eigenvalue weighted by Gasteiger charge is 2.33. The number of ether oxygens (including phenoxy) is 1. The van der Waals surface area contributed by atoms with Gasteiger partial charge < -0.3 is 4.74 Å². The van der Waals surface area contributed by atoms with Crippen LogP contribution in [0, 0.1) is 11.3 Å². The van der Waals surface area contributed by atoms with E-state index in [1.807, 2.05) is 30.7 Å². The Kier molecular flexibility index (Phi) is 5.06. The Morgan fingerprint density at radius 3 is 2.62 bits per heavy atom. The van der Waals surface area contributed by atoms with E-state index in [4.69, 9.17) is 4.74 Å². The van der Waals surface area contributed by atoms with Crippen LogP contribution in [-0.4, -0.2) is 0 Å². The van der Waals surface area contributed by atoms with Crippen molar-refractivity contribution in [2.75, 3.05) is 0 Å². The minimum atomic E-state index is 0.320. The molecule has 1 atom stereocenters. The van der Waals surface area contributed by atoms with Crippen molar-refractivity contribution in [3.63, 3.8) is 0 Å². The Hall–Kier alpha value is -1.76. The lowest BCUT2D eigenvalue weighted by Gasteiger charge is -2.28. The zero-order chi connectivity index (χ0) is 15.3. The molecule has 0 radical (unpaired) electrons. The Labute approximate surface area is 129 Å². The normalized spacial score (nSPS) is 21.6. The maximum atomic E-state index is 5.55.